The van der Waals surface area contributed by atoms with Gasteiger partial charge in [0, 0.05) is 37.3 Å². The molecule has 2 atom stereocenters. The number of carbonyl (C=O) groups is 1. The molecule has 0 radical (unpaired) electrons. The predicted molar refractivity (Wildman–Crippen MR) is 184 cm³/mol. The molecule has 2 bridgehead atoms. The van der Waals surface area contributed by atoms with Crippen molar-refractivity contribution in [2.24, 2.45) is 0 Å². The number of para-hydroxylation sites is 2. The molecule has 274 valence electrons. The van der Waals surface area contributed by atoms with Crippen LogP contribution in [0.1, 0.15) is 57.8 Å². The average Bonchev–Trinajstić information content (AvgIpc) is 3.07. The molecule has 2 heterocycles. The number of aromatic nitrogens is 1. The van der Waals surface area contributed by atoms with Crippen LogP contribution in [-0.4, -0.2) is 88.5 Å². The van der Waals surface area contributed by atoms with Crippen molar-refractivity contribution >= 4 is 37.4 Å². The van der Waals surface area contributed by atoms with Gasteiger partial charge < -0.3 is 4.74 Å². The maximum absolute atomic E-state index is 14.6. The number of fused-ring (bicyclic) bond motifs is 3. The van der Waals surface area contributed by atoms with Crippen LogP contribution in [0.15, 0.2) is 76.5 Å². The first-order valence-electron chi connectivity index (χ1n) is 16.4. The smallest absolute Gasteiger partial charge is 0.320 e. The van der Waals surface area contributed by atoms with E-state index in [1.807, 2.05) is 0 Å². The first kappa shape index (κ1) is 37.9. The lowest BCUT2D eigenvalue weighted by Gasteiger charge is -2.44. The largest absolute Gasteiger partial charge is 0.459 e. The second-order valence-electron chi connectivity index (χ2n) is 13.4. The van der Waals surface area contributed by atoms with Gasteiger partial charge in [-0.15, -0.1) is 0 Å². The van der Waals surface area contributed by atoms with Crippen molar-refractivity contribution in [2.75, 3.05) is 19.6 Å². The quantitative estimate of drug-likeness (QED) is 0.181. The molecule has 0 amide bonds. The molecule has 1 aromatic heterocycles. The lowest BCUT2D eigenvalue weighted by molar-refractivity contribution is -0.388. The Morgan fingerprint density at radius 2 is 1.31 bits per heavy atom. The van der Waals surface area contributed by atoms with Gasteiger partial charge in [0.1, 0.15) is 5.60 Å². The van der Waals surface area contributed by atoms with Crippen LogP contribution in [0, 0.1) is 20.2 Å². The molecule has 16 nitrogen and oxygen atoms in total. The number of hydrogen-bond acceptors (Lipinski definition) is 12. The molecule has 1 aliphatic carbocycles. The van der Waals surface area contributed by atoms with Gasteiger partial charge in [-0.1, -0.05) is 43.2 Å². The third-order valence-corrected chi connectivity index (χ3v) is 12.6. The van der Waals surface area contributed by atoms with Gasteiger partial charge in [-0.25, -0.2) is 16.8 Å². The molecule has 0 saturated heterocycles. The van der Waals surface area contributed by atoms with Crippen molar-refractivity contribution in [3.05, 3.63) is 98.3 Å². The second kappa shape index (κ2) is 15.1. The Kier molecular flexibility index (Phi) is 11.2. The molecule has 1 aliphatic heterocycles. The Morgan fingerprint density at radius 1 is 0.784 bits per heavy atom. The van der Waals surface area contributed by atoms with Crippen molar-refractivity contribution in [2.45, 2.75) is 87.0 Å². The summed E-state index contributed by atoms with van der Waals surface area (Å²) in [6, 6.07) is 13.4. The number of nitro benzene ring substituents is 2. The highest BCUT2D eigenvalue weighted by atomic mass is 32.2. The van der Waals surface area contributed by atoms with Crippen molar-refractivity contribution < 1.29 is 36.2 Å². The lowest BCUT2D eigenvalue weighted by Crippen LogP contribution is -2.57. The Bertz CT molecular complexity index is 2020. The summed E-state index contributed by atoms with van der Waals surface area (Å²) in [7, 11) is -9.06. The zero-order valence-corrected chi connectivity index (χ0v) is 30.1. The van der Waals surface area contributed by atoms with E-state index in [1.165, 1.54) is 34.6 Å². The summed E-state index contributed by atoms with van der Waals surface area (Å²) >= 11 is 0. The van der Waals surface area contributed by atoms with Crippen molar-refractivity contribution in [1.82, 2.24) is 18.5 Å². The minimum Gasteiger partial charge on any atom is -0.459 e. The minimum atomic E-state index is -4.55. The molecular formula is C33H40N6O10S2. The molecular weight excluding hydrogens is 705 g/mol. The van der Waals surface area contributed by atoms with Gasteiger partial charge in [0.15, 0.2) is 9.79 Å². The first-order chi connectivity index (χ1) is 24.0. The van der Waals surface area contributed by atoms with Gasteiger partial charge in [-0.3, -0.25) is 34.9 Å². The molecule has 3 aromatic rings. The zero-order chi connectivity index (χ0) is 37.1. The van der Waals surface area contributed by atoms with Crippen molar-refractivity contribution in [3.8, 4) is 0 Å². The number of hydrogen-bond donors (Lipinski definition) is 0. The molecule has 5 rings (SSSR count). The third kappa shape index (κ3) is 8.58. The number of esters is 1. The number of rotatable bonds is 8. The van der Waals surface area contributed by atoms with E-state index < -0.39 is 74.7 Å². The summed E-state index contributed by atoms with van der Waals surface area (Å²) in [4.78, 5) is 41.0. The Hall–Kier alpha value is -4.36. The first-order valence-corrected chi connectivity index (χ1v) is 19.3. The van der Waals surface area contributed by atoms with E-state index in [0.717, 1.165) is 22.5 Å². The standard InChI is InChI=1S/C33H40N6O10S2/c1-33(2,3)49-32(40)23-35-19-20-36(50(45,46)30-17-8-6-15-28(30)38(41)42)21-24-11-10-12-25(34-24)22-37(27-14-5-4-13-26(27)35)51(47,48)31-18-9-7-16-29(31)39(43)44/h6-12,15-18,26-27H,4-5,13-14,19-23H2,1-3H3/t26-,27-/m1/s1. The normalized spacial score (nSPS) is 20.0. The van der Waals surface area contributed by atoms with Crippen LogP contribution in [0.2, 0.25) is 0 Å². The predicted octanol–water partition coefficient (Wildman–Crippen LogP) is 4.25. The number of nitro groups is 2. The van der Waals surface area contributed by atoms with Gasteiger partial charge in [0.2, 0.25) is 10.0 Å². The Morgan fingerprint density at radius 3 is 1.88 bits per heavy atom. The number of benzene rings is 2. The summed E-state index contributed by atoms with van der Waals surface area (Å²) in [6.07, 6.45) is 2.04. The van der Waals surface area contributed by atoms with Crippen LogP contribution in [0.5, 0.6) is 0 Å². The lowest BCUT2D eigenvalue weighted by atomic mass is 9.88. The van der Waals surface area contributed by atoms with E-state index in [4.69, 9.17) is 4.74 Å². The average molecular weight is 745 g/mol. The highest BCUT2D eigenvalue weighted by Crippen LogP contribution is 2.36. The van der Waals surface area contributed by atoms with E-state index in [0.29, 0.717) is 25.7 Å². The molecule has 0 spiro atoms. The van der Waals surface area contributed by atoms with Crippen molar-refractivity contribution in [1.29, 1.82) is 0 Å². The monoisotopic (exact) mass is 744 g/mol. The summed E-state index contributed by atoms with van der Waals surface area (Å²) in [5.74, 6) is -0.619. The minimum absolute atomic E-state index is 0.0840. The van der Waals surface area contributed by atoms with Gasteiger partial charge in [0.05, 0.1) is 40.9 Å². The number of carbonyl (C=O) groups excluding carboxylic acids is 1. The maximum atomic E-state index is 14.6. The van der Waals surface area contributed by atoms with Crippen LogP contribution in [0.4, 0.5) is 11.4 Å². The van der Waals surface area contributed by atoms with Gasteiger partial charge in [-0.2, -0.15) is 8.61 Å². The number of nitrogens with zero attached hydrogens (tertiary/aromatic N) is 6. The fourth-order valence-corrected chi connectivity index (χ4v) is 10.00. The van der Waals surface area contributed by atoms with Crippen LogP contribution in [0.3, 0.4) is 0 Å². The van der Waals surface area contributed by atoms with Gasteiger partial charge >= 0.3 is 5.97 Å². The van der Waals surface area contributed by atoms with E-state index in [9.17, 15) is 41.9 Å². The van der Waals surface area contributed by atoms with Crippen LogP contribution in [0.25, 0.3) is 0 Å². The summed E-state index contributed by atoms with van der Waals surface area (Å²) in [6.45, 7) is 3.83. The molecule has 1 fully saturated rings. The molecule has 2 aliphatic rings. The topological polar surface area (TPSA) is 203 Å². The Labute approximate surface area is 296 Å². The molecule has 0 unspecified atom stereocenters. The van der Waals surface area contributed by atoms with Crippen LogP contribution >= 0.6 is 0 Å². The van der Waals surface area contributed by atoms with E-state index in [1.54, 1.807) is 43.9 Å². The molecule has 51 heavy (non-hydrogen) atoms. The fraction of sp³-hybridized carbons (Fsp3) is 0.455. The summed E-state index contributed by atoms with van der Waals surface area (Å²) in [5.41, 5.74) is -1.55. The van der Waals surface area contributed by atoms with Crippen LogP contribution in [-0.2, 0) is 42.7 Å². The highest BCUT2D eigenvalue weighted by molar-refractivity contribution is 7.89. The highest BCUT2D eigenvalue weighted by Gasteiger charge is 2.44. The molecule has 0 N–H and O–H groups in total. The van der Waals surface area contributed by atoms with Gasteiger partial charge in [-0.05, 0) is 57.9 Å². The molecule has 18 heteroatoms. The van der Waals surface area contributed by atoms with E-state index in [2.05, 4.69) is 4.98 Å². The second-order valence-corrected chi connectivity index (χ2v) is 17.2. The third-order valence-electron chi connectivity index (χ3n) is 8.77. The maximum Gasteiger partial charge on any atom is 0.320 e. The number of ether oxygens (including phenoxy) is 1. The summed E-state index contributed by atoms with van der Waals surface area (Å²) < 4.78 is 65.4. The zero-order valence-electron chi connectivity index (χ0n) is 28.5. The SMILES string of the molecule is CC(C)(C)OC(=O)CN1CCN(S(=O)(=O)c2ccccc2[N+](=O)[O-])Cc2cccc(n2)CN(S(=O)(=O)c2ccccc2[N+](=O)[O-])[C@@H]2CCCC[C@H]21. The van der Waals surface area contributed by atoms with Crippen molar-refractivity contribution in [3.63, 3.8) is 0 Å². The number of pyridine rings is 1. The van der Waals surface area contributed by atoms with E-state index in [-0.39, 0.29) is 44.1 Å². The summed E-state index contributed by atoms with van der Waals surface area (Å²) in [5, 5.41) is 23.9. The molecule has 1 saturated carbocycles. The Balaban J connectivity index is 1.67. The fourth-order valence-electron chi connectivity index (χ4n) is 6.62. The number of sulfonamides is 2. The van der Waals surface area contributed by atoms with Gasteiger partial charge in [0.25, 0.3) is 21.4 Å². The van der Waals surface area contributed by atoms with E-state index >= 15 is 0 Å². The van der Waals surface area contributed by atoms with Crippen LogP contribution < -0.4 is 0 Å². The molecule has 2 aromatic carbocycles.